The Kier molecular flexibility index (Phi) is 4.53. The van der Waals surface area contributed by atoms with Gasteiger partial charge in [-0.25, -0.2) is 18.3 Å². The number of aromatic nitrogens is 2. The summed E-state index contributed by atoms with van der Waals surface area (Å²) in [6, 6.07) is 12.0. The monoisotopic (exact) mass is 386 g/mol. The van der Waals surface area contributed by atoms with E-state index in [1.807, 2.05) is 19.1 Å². The van der Waals surface area contributed by atoms with E-state index in [4.69, 9.17) is 0 Å². The molecule has 27 heavy (non-hydrogen) atoms. The van der Waals surface area contributed by atoms with E-state index >= 15 is 0 Å². The van der Waals surface area contributed by atoms with Crippen LogP contribution in [0.15, 0.2) is 47.4 Å². The first-order chi connectivity index (χ1) is 13.0. The van der Waals surface area contributed by atoms with Crippen molar-refractivity contribution in [2.24, 2.45) is 0 Å². The number of aryl methyl sites for hydroxylation is 1. The highest BCUT2D eigenvalue weighted by Gasteiger charge is 2.48. The van der Waals surface area contributed by atoms with Crippen LogP contribution in [0.5, 0.6) is 0 Å². The minimum Gasteiger partial charge on any atom is -0.342 e. The van der Waals surface area contributed by atoms with Gasteiger partial charge in [-0.1, -0.05) is 23.8 Å². The van der Waals surface area contributed by atoms with Crippen molar-refractivity contribution < 1.29 is 13.4 Å². The third kappa shape index (κ3) is 3.63. The number of hydrogen-bond donors (Lipinski definition) is 3. The fraction of sp³-hybridized carbons (Fsp3) is 0.263. The molecule has 1 atom stereocenters. The minimum atomic E-state index is -1.46. The van der Waals surface area contributed by atoms with Crippen LogP contribution in [0.2, 0.25) is 0 Å². The average Bonchev–Trinajstić information content (AvgIpc) is 3.28. The van der Waals surface area contributed by atoms with Crippen molar-refractivity contribution in [2.75, 3.05) is 6.54 Å². The maximum absolute atomic E-state index is 13.9. The number of fused-ring (bicyclic) bond motifs is 1. The normalized spacial score (nSPS) is 16.2. The van der Waals surface area contributed by atoms with Gasteiger partial charge >= 0.3 is 0 Å². The SMILES string of the molecule is Cc1ccc(S(=O)NCC(=O)NC2(c3nc4c(F)cccc4[nH]3)CC2)cc1. The Labute approximate surface area is 158 Å². The molecule has 0 saturated heterocycles. The van der Waals surface area contributed by atoms with Crippen LogP contribution >= 0.6 is 0 Å². The van der Waals surface area contributed by atoms with Gasteiger partial charge in [-0.15, -0.1) is 0 Å². The lowest BCUT2D eigenvalue weighted by atomic mass is 10.2. The molecule has 1 fully saturated rings. The molecule has 0 spiro atoms. The molecule has 0 bridgehead atoms. The fourth-order valence-electron chi connectivity index (χ4n) is 2.96. The average molecular weight is 386 g/mol. The van der Waals surface area contributed by atoms with Gasteiger partial charge in [0.15, 0.2) is 5.82 Å². The van der Waals surface area contributed by atoms with Gasteiger partial charge in [0, 0.05) is 0 Å². The van der Waals surface area contributed by atoms with Crippen molar-refractivity contribution in [1.82, 2.24) is 20.0 Å². The third-order valence-electron chi connectivity index (χ3n) is 4.64. The first kappa shape index (κ1) is 17.8. The van der Waals surface area contributed by atoms with Crippen LogP contribution in [0.3, 0.4) is 0 Å². The van der Waals surface area contributed by atoms with Gasteiger partial charge in [-0.3, -0.25) is 4.79 Å². The molecule has 1 heterocycles. The fourth-order valence-corrected chi connectivity index (χ4v) is 3.77. The number of carbonyl (C=O) groups is 1. The molecule has 6 nitrogen and oxygen atoms in total. The zero-order valence-corrected chi connectivity index (χ0v) is 15.5. The molecular formula is C19H19FN4O2S. The zero-order valence-electron chi connectivity index (χ0n) is 14.7. The maximum atomic E-state index is 13.9. The van der Waals surface area contributed by atoms with E-state index in [0.717, 1.165) is 18.4 Å². The minimum absolute atomic E-state index is 0.0865. The van der Waals surface area contributed by atoms with Crippen LogP contribution in [-0.4, -0.2) is 26.6 Å². The Balaban J connectivity index is 1.40. The number of rotatable bonds is 6. The molecule has 1 unspecified atom stereocenters. The van der Waals surface area contributed by atoms with E-state index in [-0.39, 0.29) is 18.0 Å². The highest BCUT2D eigenvalue weighted by molar-refractivity contribution is 7.83. The molecule has 4 rings (SSSR count). The molecule has 8 heteroatoms. The topological polar surface area (TPSA) is 86.9 Å². The molecular weight excluding hydrogens is 367 g/mol. The Bertz CT molecular complexity index is 1030. The zero-order chi connectivity index (χ0) is 19.0. The number of nitrogens with one attached hydrogen (secondary N) is 3. The molecule has 1 aromatic heterocycles. The van der Waals surface area contributed by atoms with Gasteiger partial charge < -0.3 is 10.3 Å². The van der Waals surface area contributed by atoms with Crippen molar-refractivity contribution in [3.8, 4) is 0 Å². The van der Waals surface area contributed by atoms with Crippen LogP contribution in [0, 0.1) is 12.7 Å². The van der Waals surface area contributed by atoms with Crippen LogP contribution in [0.1, 0.15) is 24.2 Å². The second kappa shape index (κ2) is 6.86. The Morgan fingerprint density at radius 1 is 1.26 bits per heavy atom. The van der Waals surface area contributed by atoms with E-state index < -0.39 is 22.3 Å². The summed E-state index contributed by atoms with van der Waals surface area (Å²) in [4.78, 5) is 20.4. The smallest absolute Gasteiger partial charge is 0.235 e. The lowest BCUT2D eigenvalue weighted by Crippen LogP contribution is -2.41. The van der Waals surface area contributed by atoms with Gasteiger partial charge in [0.2, 0.25) is 5.91 Å². The van der Waals surface area contributed by atoms with E-state index in [9.17, 15) is 13.4 Å². The molecule has 3 N–H and O–H groups in total. The first-order valence-electron chi connectivity index (χ1n) is 8.64. The van der Waals surface area contributed by atoms with Crippen molar-refractivity contribution in [3.63, 3.8) is 0 Å². The molecule has 1 aliphatic carbocycles. The van der Waals surface area contributed by atoms with Gasteiger partial charge in [-0.05, 0) is 44.0 Å². The van der Waals surface area contributed by atoms with E-state index in [0.29, 0.717) is 16.2 Å². The molecule has 1 amide bonds. The predicted octanol–water partition coefficient (Wildman–Crippen LogP) is 2.43. The summed E-state index contributed by atoms with van der Waals surface area (Å²) in [5.74, 6) is -0.128. The summed E-state index contributed by atoms with van der Waals surface area (Å²) in [5.41, 5.74) is 1.34. The van der Waals surface area contributed by atoms with Crippen LogP contribution in [-0.2, 0) is 21.3 Å². The number of nitrogens with zero attached hydrogens (tertiary/aromatic N) is 1. The standard InChI is InChI=1S/C19H19FN4O2S/c1-12-5-7-13(8-6-12)27(26)21-11-16(25)24-19(9-10-19)18-22-15-4-2-3-14(20)17(15)23-18/h2-8,21H,9-11H2,1H3,(H,22,23)(H,24,25). The lowest BCUT2D eigenvalue weighted by Gasteiger charge is -2.15. The van der Waals surface area contributed by atoms with Crippen molar-refractivity contribution in [1.29, 1.82) is 0 Å². The molecule has 1 aliphatic rings. The van der Waals surface area contributed by atoms with Crippen molar-refractivity contribution in [3.05, 3.63) is 59.7 Å². The third-order valence-corrected chi connectivity index (χ3v) is 5.75. The number of imidazole rings is 1. The second-order valence-electron chi connectivity index (χ2n) is 6.75. The Hall–Kier alpha value is -2.58. The van der Waals surface area contributed by atoms with Gasteiger partial charge in [-0.2, -0.15) is 0 Å². The molecule has 2 aromatic carbocycles. The molecule has 3 aromatic rings. The molecule has 1 saturated carbocycles. The van der Waals surface area contributed by atoms with E-state index in [2.05, 4.69) is 20.0 Å². The molecule has 140 valence electrons. The summed E-state index contributed by atoms with van der Waals surface area (Å²) in [6.45, 7) is 1.86. The predicted molar refractivity (Wildman–Crippen MR) is 101 cm³/mol. The maximum Gasteiger partial charge on any atom is 0.235 e. The Morgan fingerprint density at radius 2 is 2.00 bits per heavy atom. The van der Waals surface area contributed by atoms with Crippen molar-refractivity contribution in [2.45, 2.75) is 30.2 Å². The van der Waals surface area contributed by atoms with Gasteiger partial charge in [0.1, 0.15) is 22.3 Å². The largest absolute Gasteiger partial charge is 0.342 e. The summed E-state index contributed by atoms with van der Waals surface area (Å²) < 4.78 is 28.8. The number of aromatic amines is 1. The highest BCUT2D eigenvalue weighted by Crippen LogP contribution is 2.44. The van der Waals surface area contributed by atoms with E-state index in [1.165, 1.54) is 6.07 Å². The van der Waals surface area contributed by atoms with Crippen LogP contribution < -0.4 is 10.0 Å². The lowest BCUT2D eigenvalue weighted by molar-refractivity contribution is -0.121. The Morgan fingerprint density at radius 3 is 2.67 bits per heavy atom. The van der Waals surface area contributed by atoms with Crippen LogP contribution in [0.25, 0.3) is 11.0 Å². The summed E-state index contributed by atoms with van der Waals surface area (Å²) >= 11 is 0. The molecule has 0 aliphatic heterocycles. The summed E-state index contributed by atoms with van der Waals surface area (Å²) in [5, 5.41) is 2.93. The first-order valence-corrected chi connectivity index (χ1v) is 9.79. The number of H-pyrrole nitrogens is 1. The summed E-state index contributed by atoms with van der Waals surface area (Å²) in [7, 11) is -1.46. The number of amides is 1. The quantitative estimate of drug-likeness (QED) is 0.608. The highest BCUT2D eigenvalue weighted by atomic mass is 32.2. The van der Waals surface area contributed by atoms with Gasteiger partial charge in [0.25, 0.3) is 0 Å². The second-order valence-corrected chi connectivity index (χ2v) is 8.05. The number of para-hydroxylation sites is 1. The van der Waals surface area contributed by atoms with E-state index in [1.54, 1.807) is 24.3 Å². The van der Waals surface area contributed by atoms with Gasteiger partial charge in [0.05, 0.1) is 22.5 Å². The summed E-state index contributed by atoms with van der Waals surface area (Å²) in [6.07, 6.45) is 1.45. The number of carbonyl (C=O) groups excluding carboxylic acids is 1. The number of hydrogen-bond acceptors (Lipinski definition) is 3. The number of benzene rings is 2. The number of halogens is 1. The van der Waals surface area contributed by atoms with Crippen LogP contribution in [0.4, 0.5) is 4.39 Å². The molecule has 0 radical (unpaired) electrons. The van der Waals surface area contributed by atoms with Crippen molar-refractivity contribution >= 4 is 27.9 Å².